The van der Waals surface area contributed by atoms with Crippen LogP contribution in [0.4, 0.5) is 5.13 Å². The molecule has 102 valence electrons. The molecule has 2 aromatic rings. The van der Waals surface area contributed by atoms with Gasteiger partial charge in [-0.05, 0) is 5.92 Å². The molecule has 19 heavy (non-hydrogen) atoms. The van der Waals surface area contributed by atoms with Gasteiger partial charge < -0.3 is 11.1 Å². The number of nitrogens with zero attached hydrogens (tertiary/aromatic N) is 4. The number of carbonyl (C=O) groups is 1. The molecule has 0 bridgehead atoms. The summed E-state index contributed by atoms with van der Waals surface area (Å²) in [5.41, 5.74) is 5.53. The second kappa shape index (κ2) is 5.35. The molecule has 0 aliphatic rings. The van der Waals surface area contributed by atoms with Gasteiger partial charge in [0.15, 0.2) is 5.13 Å². The van der Waals surface area contributed by atoms with Crippen molar-refractivity contribution in [2.75, 3.05) is 5.73 Å². The van der Waals surface area contributed by atoms with Gasteiger partial charge in [0.25, 0.3) is 5.91 Å². The molecule has 0 saturated heterocycles. The lowest BCUT2D eigenvalue weighted by atomic mass is 10.0. The zero-order valence-electron chi connectivity index (χ0n) is 11.0. The van der Waals surface area contributed by atoms with Gasteiger partial charge in [-0.2, -0.15) is 5.10 Å². The zero-order valence-corrected chi connectivity index (χ0v) is 11.8. The quantitative estimate of drug-likeness (QED) is 0.869. The third-order valence-electron chi connectivity index (χ3n) is 2.73. The molecule has 0 fully saturated rings. The fourth-order valence-corrected chi connectivity index (χ4v) is 2.31. The number of hydrogen-bond donors (Lipinski definition) is 2. The number of nitrogens with one attached hydrogen (secondary N) is 1. The zero-order chi connectivity index (χ0) is 14.0. The summed E-state index contributed by atoms with van der Waals surface area (Å²) in [6.45, 7) is 4.03. The van der Waals surface area contributed by atoms with Crippen LogP contribution in [0, 0.1) is 5.92 Å². The number of nitrogens with two attached hydrogens (primary N) is 1. The fourth-order valence-electron chi connectivity index (χ4n) is 1.72. The van der Waals surface area contributed by atoms with E-state index in [1.54, 1.807) is 11.7 Å². The number of thiazole rings is 1. The van der Waals surface area contributed by atoms with Gasteiger partial charge in [0.05, 0.1) is 12.2 Å². The SMILES string of the molecule is CC(C)C(NC(=O)c1cnc(N)s1)c1ncnn1C. The Labute approximate surface area is 114 Å². The van der Waals surface area contributed by atoms with Crippen LogP contribution in [-0.4, -0.2) is 25.7 Å². The highest BCUT2D eigenvalue weighted by Gasteiger charge is 2.23. The number of aryl methyl sites for hydroxylation is 1. The van der Waals surface area contributed by atoms with Crippen molar-refractivity contribution in [3.05, 3.63) is 23.2 Å². The second-order valence-electron chi connectivity index (χ2n) is 4.50. The number of nitrogen functional groups attached to an aromatic ring is 1. The third-order valence-corrected chi connectivity index (χ3v) is 3.55. The van der Waals surface area contributed by atoms with Crippen molar-refractivity contribution in [1.82, 2.24) is 25.1 Å². The van der Waals surface area contributed by atoms with E-state index >= 15 is 0 Å². The van der Waals surface area contributed by atoms with E-state index in [0.717, 1.165) is 17.2 Å². The molecular weight excluding hydrogens is 264 g/mol. The minimum Gasteiger partial charge on any atom is -0.375 e. The Hall–Kier alpha value is -1.96. The first-order chi connectivity index (χ1) is 8.99. The van der Waals surface area contributed by atoms with E-state index in [1.807, 2.05) is 13.8 Å². The van der Waals surface area contributed by atoms with Gasteiger partial charge in [0.1, 0.15) is 17.0 Å². The molecule has 2 rings (SSSR count). The third kappa shape index (κ3) is 2.90. The van der Waals surface area contributed by atoms with Crippen molar-refractivity contribution in [2.45, 2.75) is 19.9 Å². The molecular formula is C11H16N6OS. The Kier molecular flexibility index (Phi) is 3.79. The van der Waals surface area contributed by atoms with Crippen LogP contribution in [0.5, 0.6) is 0 Å². The van der Waals surface area contributed by atoms with Gasteiger partial charge in [-0.15, -0.1) is 0 Å². The molecule has 0 aromatic carbocycles. The van der Waals surface area contributed by atoms with Crippen LogP contribution in [0.3, 0.4) is 0 Å². The van der Waals surface area contributed by atoms with E-state index in [-0.39, 0.29) is 17.9 Å². The van der Waals surface area contributed by atoms with E-state index in [2.05, 4.69) is 20.4 Å². The maximum Gasteiger partial charge on any atom is 0.263 e. The van der Waals surface area contributed by atoms with Gasteiger partial charge in [0.2, 0.25) is 0 Å². The van der Waals surface area contributed by atoms with Gasteiger partial charge in [-0.1, -0.05) is 25.2 Å². The molecule has 2 aromatic heterocycles. The van der Waals surface area contributed by atoms with E-state index in [9.17, 15) is 4.79 Å². The number of carbonyl (C=O) groups excluding carboxylic acids is 1. The summed E-state index contributed by atoms with van der Waals surface area (Å²) in [7, 11) is 1.80. The number of anilines is 1. The highest BCUT2D eigenvalue weighted by atomic mass is 32.1. The average molecular weight is 280 g/mol. The summed E-state index contributed by atoms with van der Waals surface area (Å²) in [5.74, 6) is 0.717. The summed E-state index contributed by atoms with van der Waals surface area (Å²) in [5, 5.41) is 7.35. The maximum atomic E-state index is 12.1. The summed E-state index contributed by atoms with van der Waals surface area (Å²) >= 11 is 1.16. The van der Waals surface area contributed by atoms with Crippen molar-refractivity contribution in [3.8, 4) is 0 Å². The van der Waals surface area contributed by atoms with Crippen molar-refractivity contribution in [3.63, 3.8) is 0 Å². The number of amides is 1. The number of rotatable bonds is 4. The van der Waals surface area contributed by atoms with Crippen LogP contribution in [-0.2, 0) is 7.05 Å². The van der Waals surface area contributed by atoms with Gasteiger partial charge in [0, 0.05) is 7.05 Å². The molecule has 1 atom stereocenters. The average Bonchev–Trinajstić information content (AvgIpc) is 2.94. The molecule has 8 heteroatoms. The molecule has 2 heterocycles. The van der Waals surface area contributed by atoms with E-state index < -0.39 is 0 Å². The predicted octanol–water partition coefficient (Wildman–Crippen LogP) is 0.981. The lowest BCUT2D eigenvalue weighted by Crippen LogP contribution is -2.33. The Balaban J connectivity index is 2.18. The molecule has 0 aliphatic heterocycles. The molecule has 1 unspecified atom stereocenters. The first kappa shape index (κ1) is 13.5. The number of aromatic nitrogens is 4. The fraction of sp³-hybridized carbons (Fsp3) is 0.455. The first-order valence-electron chi connectivity index (χ1n) is 5.85. The van der Waals surface area contributed by atoms with E-state index in [0.29, 0.717) is 10.0 Å². The Morgan fingerprint density at radius 3 is 2.68 bits per heavy atom. The first-order valence-corrected chi connectivity index (χ1v) is 6.66. The highest BCUT2D eigenvalue weighted by Crippen LogP contribution is 2.21. The Morgan fingerprint density at radius 2 is 2.21 bits per heavy atom. The highest BCUT2D eigenvalue weighted by molar-refractivity contribution is 7.17. The van der Waals surface area contributed by atoms with Crippen molar-refractivity contribution >= 4 is 22.4 Å². The smallest absolute Gasteiger partial charge is 0.263 e. The topological polar surface area (TPSA) is 98.7 Å². The standard InChI is InChI=1S/C11H16N6OS/c1-6(2)8(9-14-5-15-17(9)3)16-10(18)7-4-13-11(12)19-7/h4-6,8H,1-3H3,(H2,12,13)(H,16,18). The van der Waals surface area contributed by atoms with Crippen LogP contribution < -0.4 is 11.1 Å². The van der Waals surface area contributed by atoms with Crippen LogP contribution >= 0.6 is 11.3 Å². The molecule has 0 spiro atoms. The van der Waals surface area contributed by atoms with Crippen molar-refractivity contribution < 1.29 is 4.79 Å². The molecule has 0 saturated carbocycles. The monoisotopic (exact) mass is 280 g/mol. The summed E-state index contributed by atoms with van der Waals surface area (Å²) in [6, 6.07) is -0.205. The minimum absolute atomic E-state index is 0.192. The van der Waals surface area contributed by atoms with Crippen molar-refractivity contribution in [2.24, 2.45) is 13.0 Å². The lowest BCUT2D eigenvalue weighted by molar-refractivity contribution is 0.0926. The van der Waals surface area contributed by atoms with Gasteiger partial charge >= 0.3 is 0 Å². The van der Waals surface area contributed by atoms with Crippen LogP contribution in [0.2, 0.25) is 0 Å². The van der Waals surface area contributed by atoms with Crippen LogP contribution in [0.15, 0.2) is 12.5 Å². The van der Waals surface area contributed by atoms with E-state index in [4.69, 9.17) is 5.73 Å². The molecule has 0 radical (unpaired) electrons. The molecule has 1 amide bonds. The van der Waals surface area contributed by atoms with Crippen LogP contribution in [0.1, 0.15) is 35.4 Å². The van der Waals surface area contributed by atoms with Gasteiger partial charge in [-0.3, -0.25) is 9.48 Å². The Morgan fingerprint density at radius 1 is 1.47 bits per heavy atom. The Bertz CT molecular complexity index is 575. The molecule has 7 nitrogen and oxygen atoms in total. The summed E-state index contributed by atoms with van der Waals surface area (Å²) in [4.78, 5) is 20.7. The summed E-state index contributed by atoms with van der Waals surface area (Å²) in [6.07, 6.45) is 2.95. The number of hydrogen-bond acceptors (Lipinski definition) is 6. The van der Waals surface area contributed by atoms with Crippen LogP contribution in [0.25, 0.3) is 0 Å². The molecule has 0 aliphatic carbocycles. The van der Waals surface area contributed by atoms with E-state index in [1.165, 1.54) is 12.5 Å². The lowest BCUT2D eigenvalue weighted by Gasteiger charge is -2.20. The second-order valence-corrected chi connectivity index (χ2v) is 5.56. The summed E-state index contributed by atoms with van der Waals surface area (Å²) < 4.78 is 1.66. The predicted molar refractivity (Wildman–Crippen MR) is 72.6 cm³/mol. The largest absolute Gasteiger partial charge is 0.375 e. The minimum atomic E-state index is -0.205. The van der Waals surface area contributed by atoms with Gasteiger partial charge in [-0.25, -0.2) is 9.97 Å². The maximum absolute atomic E-state index is 12.1. The molecule has 3 N–H and O–H groups in total. The normalized spacial score (nSPS) is 12.6. The van der Waals surface area contributed by atoms with Crippen molar-refractivity contribution in [1.29, 1.82) is 0 Å².